The molecule has 1 atom stereocenters. The highest BCUT2D eigenvalue weighted by Crippen LogP contribution is 2.37. The highest BCUT2D eigenvalue weighted by atomic mass is 79.9. The second-order valence-electron chi connectivity index (χ2n) is 4.04. The average molecular weight is 342 g/mol. The lowest BCUT2D eigenvalue weighted by Gasteiger charge is -2.17. The van der Waals surface area contributed by atoms with Gasteiger partial charge < -0.3 is 15.2 Å². The molecule has 5 heteroatoms. The van der Waals surface area contributed by atoms with Gasteiger partial charge in [-0.05, 0) is 34.1 Å². The molecule has 19 heavy (non-hydrogen) atoms. The van der Waals surface area contributed by atoms with Crippen LogP contribution in [0.25, 0.3) is 0 Å². The first kappa shape index (κ1) is 14.4. The van der Waals surface area contributed by atoms with Gasteiger partial charge in [-0.2, -0.15) is 0 Å². The number of rotatable bonds is 5. The molecule has 0 aliphatic carbocycles. The van der Waals surface area contributed by atoms with Crippen LogP contribution < -0.4 is 15.2 Å². The standard InChI is InChI=1S/C14H16BrNO2S/c1-17-9-3-4-10(12(7-9)18-2)11(8-16)13-5-6-14(15)19-13/h3-7,11H,8,16H2,1-2H3. The summed E-state index contributed by atoms with van der Waals surface area (Å²) < 4.78 is 11.8. The molecule has 0 bridgehead atoms. The quantitative estimate of drug-likeness (QED) is 0.903. The molecule has 1 aromatic heterocycles. The van der Waals surface area contributed by atoms with Crippen molar-refractivity contribution in [2.75, 3.05) is 20.8 Å². The fourth-order valence-corrected chi connectivity index (χ4v) is 3.57. The van der Waals surface area contributed by atoms with Crippen molar-refractivity contribution in [1.82, 2.24) is 0 Å². The molecule has 0 radical (unpaired) electrons. The van der Waals surface area contributed by atoms with E-state index in [0.29, 0.717) is 6.54 Å². The summed E-state index contributed by atoms with van der Waals surface area (Å²) in [5, 5.41) is 0. The number of hydrogen-bond donors (Lipinski definition) is 1. The smallest absolute Gasteiger partial charge is 0.126 e. The lowest BCUT2D eigenvalue weighted by molar-refractivity contribution is 0.390. The molecule has 0 saturated heterocycles. The molecule has 0 saturated carbocycles. The van der Waals surface area contributed by atoms with Crippen LogP contribution in [-0.4, -0.2) is 20.8 Å². The topological polar surface area (TPSA) is 44.5 Å². The van der Waals surface area contributed by atoms with Gasteiger partial charge in [-0.25, -0.2) is 0 Å². The van der Waals surface area contributed by atoms with E-state index in [2.05, 4.69) is 22.0 Å². The third-order valence-corrected chi connectivity index (χ3v) is 4.73. The molecular formula is C14H16BrNO2S. The molecule has 0 fully saturated rings. The molecule has 102 valence electrons. The van der Waals surface area contributed by atoms with Gasteiger partial charge in [0.2, 0.25) is 0 Å². The summed E-state index contributed by atoms with van der Waals surface area (Å²) in [6.45, 7) is 0.537. The predicted molar refractivity (Wildman–Crippen MR) is 82.5 cm³/mol. The van der Waals surface area contributed by atoms with Crippen LogP contribution in [0.15, 0.2) is 34.1 Å². The Morgan fingerprint density at radius 2 is 2.00 bits per heavy atom. The van der Waals surface area contributed by atoms with Gasteiger partial charge in [0.25, 0.3) is 0 Å². The Kier molecular flexibility index (Phi) is 4.85. The van der Waals surface area contributed by atoms with E-state index in [1.807, 2.05) is 24.3 Å². The summed E-state index contributed by atoms with van der Waals surface area (Å²) in [6, 6.07) is 9.97. The van der Waals surface area contributed by atoms with Gasteiger partial charge in [-0.15, -0.1) is 11.3 Å². The average Bonchev–Trinajstić information content (AvgIpc) is 2.86. The number of hydrogen-bond acceptors (Lipinski definition) is 4. The third kappa shape index (κ3) is 3.11. The molecule has 2 rings (SSSR count). The largest absolute Gasteiger partial charge is 0.497 e. The second kappa shape index (κ2) is 6.41. The third-order valence-electron chi connectivity index (χ3n) is 2.99. The Bertz CT molecular complexity index is 556. The summed E-state index contributed by atoms with van der Waals surface area (Å²) in [6.07, 6.45) is 0. The SMILES string of the molecule is COc1ccc(C(CN)c2ccc(Br)s2)c(OC)c1. The number of methoxy groups -OCH3 is 2. The zero-order valence-electron chi connectivity index (χ0n) is 10.9. The minimum atomic E-state index is 0.136. The van der Waals surface area contributed by atoms with E-state index in [4.69, 9.17) is 15.2 Å². The summed E-state index contributed by atoms with van der Waals surface area (Å²) in [5.41, 5.74) is 7.03. The van der Waals surface area contributed by atoms with Gasteiger partial charge in [-0.3, -0.25) is 0 Å². The molecule has 2 N–H and O–H groups in total. The van der Waals surface area contributed by atoms with E-state index in [-0.39, 0.29) is 5.92 Å². The molecule has 2 aromatic rings. The monoisotopic (exact) mass is 341 g/mol. The van der Waals surface area contributed by atoms with Crippen molar-refractivity contribution in [3.8, 4) is 11.5 Å². The fraction of sp³-hybridized carbons (Fsp3) is 0.286. The normalized spacial score (nSPS) is 12.2. The van der Waals surface area contributed by atoms with Crippen LogP contribution in [0.3, 0.4) is 0 Å². The van der Waals surface area contributed by atoms with Gasteiger partial charge in [0.05, 0.1) is 18.0 Å². The zero-order chi connectivity index (χ0) is 13.8. The fourth-order valence-electron chi connectivity index (χ4n) is 2.02. The Morgan fingerprint density at radius 1 is 1.21 bits per heavy atom. The van der Waals surface area contributed by atoms with Crippen molar-refractivity contribution in [3.05, 3.63) is 44.6 Å². The molecule has 1 unspecified atom stereocenters. The number of thiophene rings is 1. The van der Waals surface area contributed by atoms with Gasteiger partial charge >= 0.3 is 0 Å². The first-order valence-electron chi connectivity index (χ1n) is 5.86. The summed E-state index contributed by atoms with van der Waals surface area (Å²) in [4.78, 5) is 1.22. The summed E-state index contributed by atoms with van der Waals surface area (Å²) in [5.74, 6) is 1.72. The van der Waals surface area contributed by atoms with Crippen molar-refractivity contribution >= 4 is 27.3 Å². The molecule has 0 spiro atoms. The highest BCUT2D eigenvalue weighted by Gasteiger charge is 2.19. The van der Waals surface area contributed by atoms with Crippen LogP contribution in [0.2, 0.25) is 0 Å². The number of nitrogens with two attached hydrogens (primary N) is 1. The maximum atomic E-state index is 5.94. The van der Waals surface area contributed by atoms with Crippen LogP contribution in [-0.2, 0) is 0 Å². The first-order valence-corrected chi connectivity index (χ1v) is 7.47. The van der Waals surface area contributed by atoms with Crippen LogP contribution in [0.5, 0.6) is 11.5 Å². The minimum absolute atomic E-state index is 0.136. The van der Waals surface area contributed by atoms with Crippen LogP contribution in [0.1, 0.15) is 16.4 Å². The molecule has 0 amide bonds. The molecule has 3 nitrogen and oxygen atoms in total. The molecule has 1 aromatic carbocycles. The summed E-state index contributed by atoms with van der Waals surface area (Å²) in [7, 11) is 3.31. The van der Waals surface area contributed by atoms with Gasteiger partial charge in [-0.1, -0.05) is 6.07 Å². The van der Waals surface area contributed by atoms with Gasteiger partial charge in [0.15, 0.2) is 0 Å². The number of ether oxygens (including phenoxy) is 2. The summed E-state index contributed by atoms with van der Waals surface area (Å²) >= 11 is 5.18. The maximum absolute atomic E-state index is 5.94. The zero-order valence-corrected chi connectivity index (χ0v) is 13.3. The Hall–Kier alpha value is -1.04. The lowest BCUT2D eigenvalue weighted by Crippen LogP contribution is -2.13. The second-order valence-corrected chi connectivity index (χ2v) is 6.53. The molecular weight excluding hydrogens is 326 g/mol. The van der Waals surface area contributed by atoms with E-state index < -0.39 is 0 Å². The lowest BCUT2D eigenvalue weighted by atomic mass is 9.96. The van der Waals surface area contributed by atoms with E-state index in [1.54, 1.807) is 25.6 Å². The Morgan fingerprint density at radius 3 is 2.53 bits per heavy atom. The van der Waals surface area contributed by atoms with Crippen molar-refractivity contribution in [1.29, 1.82) is 0 Å². The van der Waals surface area contributed by atoms with E-state index >= 15 is 0 Å². The first-order chi connectivity index (χ1) is 9.19. The van der Waals surface area contributed by atoms with Gasteiger partial charge in [0.1, 0.15) is 11.5 Å². The Labute approximate surface area is 125 Å². The van der Waals surface area contributed by atoms with E-state index in [9.17, 15) is 0 Å². The van der Waals surface area contributed by atoms with Crippen LogP contribution in [0, 0.1) is 0 Å². The molecule has 0 aliphatic rings. The van der Waals surface area contributed by atoms with Crippen LogP contribution in [0.4, 0.5) is 0 Å². The number of benzene rings is 1. The van der Waals surface area contributed by atoms with Crippen molar-refractivity contribution in [2.24, 2.45) is 5.73 Å². The molecule has 0 aliphatic heterocycles. The van der Waals surface area contributed by atoms with Gasteiger partial charge in [0, 0.05) is 29.0 Å². The predicted octanol–water partition coefficient (Wildman–Crippen LogP) is 3.62. The Balaban J connectivity index is 2.43. The maximum Gasteiger partial charge on any atom is 0.126 e. The van der Waals surface area contributed by atoms with Crippen molar-refractivity contribution in [3.63, 3.8) is 0 Å². The molecule has 1 heterocycles. The van der Waals surface area contributed by atoms with E-state index in [1.165, 1.54) is 4.88 Å². The minimum Gasteiger partial charge on any atom is -0.497 e. The number of halogens is 1. The van der Waals surface area contributed by atoms with E-state index in [0.717, 1.165) is 20.8 Å². The van der Waals surface area contributed by atoms with Crippen molar-refractivity contribution in [2.45, 2.75) is 5.92 Å². The highest BCUT2D eigenvalue weighted by molar-refractivity contribution is 9.11. The van der Waals surface area contributed by atoms with Crippen molar-refractivity contribution < 1.29 is 9.47 Å². The van der Waals surface area contributed by atoms with Crippen LogP contribution >= 0.6 is 27.3 Å².